The van der Waals surface area contributed by atoms with Crippen molar-refractivity contribution in [2.24, 2.45) is 5.92 Å². The summed E-state index contributed by atoms with van der Waals surface area (Å²) in [5.41, 5.74) is -0.584. The Morgan fingerprint density at radius 2 is 1.93 bits per heavy atom. The fourth-order valence-electron chi connectivity index (χ4n) is 3.11. The molecule has 152 valence electrons. The molecule has 7 nitrogen and oxygen atoms in total. The number of benzene rings is 1. The van der Waals surface area contributed by atoms with Crippen LogP contribution in [0, 0.1) is 5.92 Å². The van der Waals surface area contributed by atoms with Crippen LogP contribution in [-0.2, 0) is 21.0 Å². The Morgan fingerprint density at radius 3 is 2.46 bits per heavy atom. The maximum atomic E-state index is 13.1. The smallest absolute Gasteiger partial charge is 0.324 e. The van der Waals surface area contributed by atoms with Gasteiger partial charge in [0.05, 0.1) is 23.2 Å². The van der Waals surface area contributed by atoms with E-state index in [1.165, 1.54) is 21.3 Å². The summed E-state index contributed by atoms with van der Waals surface area (Å²) in [5.74, 6) is -0.932. The minimum absolute atomic E-state index is 0.00549. The molecule has 0 spiro atoms. The molecule has 2 aromatic rings. The van der Waals surface area contributed by atoms with Crippen LogP contribution in [0.2, 0.25) is 0 Å². The van der Waals surface area contributed by atoms with Gasteiger partial charge >= 0.3 is 6.18 Å². The molecular formula is C17H19F3N4O3S. The van der Waals surface area contributed by atoms with E-state index in [0.29, 0.717) is 18.5 Å². The Hall–Kier alpha value is -2.40. The first-order chi connectivity index (χ1) is 13.1. The SMILES string of the molecule is CS(=O)(=O)N1CCC(C(=O)Nc2cc(C(F)(F)F)ccc2-n2cccn2)CC1. The van der Waals surface area contributed by atoms with Crippen molar-refractivity contribution in [2.45, 2.75) is 19.0 Å². The van der Waals surface area contributed by atoms with Gasteiger partial charge in [-0.3, -0.25) is 4.79 Å². The molecule has 28 heavy (non-hydrogen) atoms. The molecule has 1 aliphatic rings. The zero-order valence-corrected chi connectivity index (χ0v) is 15.8. The summed E-state index contributed by atoms with van der Waals surface area (Å²) in [6.45, 7) is 0.400. The number of hydrogen-bond donors (Lipinski definition) is 1. The van der Waals surface area contributed by atoms with Gasteiger partial charge < -0.3 is 5.32 Å². The highest BCUT2D eigenvalue weighted by Gasteiger charge is 2.33. The second-order valence-electron chi connectivity index (χ2n) is 6.61. The first kappa shape index (κ1) is 20.3. The molecule has 1 amide bonds. The predicted octanol–water partition coefficient (Wildman–Crippen LogP) is 2.50. The molecule has 1 N–H and O–H groups in total. The fourth-order valence-corrected chi connectivity index (χ4v) is 3.98. The van der Waals surface area contributed by atoms with E-state index in [1.54, 1.807) is 12.3 Å². The third-order valence-electron chi connectivity index (χ3n) is 4.63. The molecule has 2 heterocycles. The maximum Gasteiger partial charge on any atom is 0.416 e. The molecule has 1 aromatic heterocycles. The normalized spacial score (nSPS) is 16.9. The van der Waals surface area contributed by atoms with E-state index in [2.05, 4.69) is 10.4 Å². The molecule has 0 saturated carbocycles. The van der Waals surface area contributed by atoms with Crippen LogP contribution in [0.5, 0.6) is 0 Å². The molecule has 0 radical (unpaired) electrons. The molecule has 1 aliphatic heterocycles. The van der Waals surface area contributed by atoms with Gasteiger partial charge in [-0.2, -0.15) is 18.3 Å². The van der Waals surface area contributed by atoms with E-state index in [0.717, 1.165) is 18.4 Å². The van der Waals surface area contributed by atoms with Crippen LogP contribution in [0.25, 0.3) is 5.69 Å². The summed E-state index contributed by atoms with van der Waals surface area (Å²) in [7, 11) is -3.33. The van der Waals surface area contributed by atoms with Crippen LogP contribution >= 0.6 is 0 Å². The van der Waals surface area contributed by atoms with E-state index in [4.69, 9.17) is 0 Å². The first-order valence-corrected chi connectivity index (χ1v) is 10.4. The van der Waals surface area contributed by atoms with Gasteiger partial charge in [-0.25, -0.2) is 17.4 Å². The van der Waals surface area contributed by atoms with Crippen LogP contribution in [0.1, 0.15) is 18.4 Å². The highest BCUT2D eigenvalue weighted by Crippen LogP contribution is 2.33. The first-order valence-electron chi connectivity index (χ1n) is 8.53. The lowest BCUT2D eigenvalue weighted by Crippen LogP contribution is -2.41. The number of nitrogens with zero attached hydrogens (tertiary/aromatic N) is 3. The zero-order valence-electron chi connectivity index (χ0n) is 15.0. The van der Waals surface area contributed by atoms with Crippen molar-refractivity contribution in [3.63, 3.8) is 0 Å². The largest absolute Gasteiger partial charge is 0.416 e. The van der Waals surface area contributed by atoms with Crippen molar-refractivity contribution in [3.8, 4) is 5.69 Å². The number of aromatic nitrogens is 2. The van der Waals surface area contributed by atoms with Gasteiger partial charge in [0, 0.05) is 31.4 Å². The number of nitrogens with one attached hydrogen (secondary N) is 1. The van der Waals surface area contributed by atoms with Gasteiger partial charge in [0.15, 0.2) is 0 Å². The van der Waals surface area contributed by atoms with Gasteiger partial charge in [0.2, 0.25) is 15.9 Å². The summed E-state index contributed by atoms with van der Waals surface area (Å²) in [6, 6.07) is 4.67. The predicted molar refractivity (Wildman–Crippen MR) is 96.3 cm³/mol. The van der Waals surface area contributed by atoms with Crippen molar-refractivity contribution in [1.29, 1.82) is 0 Å². The number of sulfonamides is 1. The summed E-state index contributed by atoms with van der Waals surface area (Å²) in [4.78, 5) is 12.6. The molecule has 1 aromatic carbocycles. The van der Waals surface area contributed by atoms with E-state index < -0.39 is 33.6 Å². The highest BCUT2D eigenvalue weighted by atomic mass is 32.2. The Balaban J connectivity index is 1.81. The molecule has 0 aliphatic carbocycles. The Morgan fingerprint density at radius 1 is 1.25 bits per heavy atom. The van der Waals surface area contributed by atoms with Crippen LogP contribution in [0.3, 0.4) is 0 Å². The van der Waals surface area contributed by atoms with Crippen molar-refractivity contribution in [2.75, 3.05) is 24.7 Å². The van der Waals surface area contributed by atoms with Crippen LogP contribution < -0.4 is 5.32 Å². The highest BCUT2D eigenvalue weighted by molar-refractivity contribution is 7.88. The molecule has 11 heteroatoms. The van der Waals surface area contributed by atoms with Gasteiger partial charge in [0.1, 0.15) is 0 Å². The Kier molecular flexibility index (Phi) is 5.48. The number of carbonyl (C=O) groups excluding carboxylic acids is 1. The molecule has 0 bridgehead atoms. The van der Waals surface area contributed by atoms with Crippen LogP contribution in [-0.4, -0.2) is 47.8 Å². The molecular weight excluding hydrogens is 397 g/mol. The lowest BCUT2D eigenvalue weighted by Gasteiger charge is -2.29. The van der Waals surface area contributed by atoms with Crippen molar-refractivity contribution in [3.05, 3.63) is 42.2 Å². The minimum atomic E-state index is -4.55. The second-order valence-corrected chi connectivity index (χ2v) is 8.59. The number of halogens is 3. The van der Waals surface area contributed by atoms with Gasteiger partial charge in [-0.1, -0.05) is 0 Å². The number of piperidine rings is 1. The van der Waals surface area contributed by atoms with Crippen molar-refractivity contribution in [1.82, 2.24) is 14.1 Å². The number of amides is 1. The maximum absolute atomic E-state index is 13.1. The molecule has 0 atom stereocenters. The summed E-state index contributed by atoms with van der Waals surface area (Å²) >= 11 is 0. The van der Waals surface area contributed by atoms with E-state index in [-0.39, 0.29) is 18.8 Å². The average Bonchev–Trinajstić information content (AvgIpc) is 3.14. The Labute approximate surface area is 160 Å². The third kappa shape index (κ3) is 4.53. The zero-order chi connectivity index (χ0) is 20.5. The van der Waals surface area contributed by atoms with Crippen molar-refractivity contribution < 1.29 is 26.4 Å². The number of alkyl halides is 3. The van der Waals surface area contributed by atoms with Gasteiger partial charge in [-0.15, -0.1) is 0 Å². The number of anilines is 1. The number of carbonyl (C=O) groups is 1. The quantitative estimate of drug-likeness (QED) is 0.830. The number of hydrogen-bond acceptors (Lipinski definition) is 4. The molecule has 1 saturated heterocycles. The standard InChI is InChI=1S/C17H19F3N4O3S/c1-28(26,27)23-9-5-12(6-10-23)16(25)22-14-11-13(17(18,19)20)3-4-15(14)24-8-2-7-21-24/h2-4,7-8,11-12H,5-6,9-10H2,1H3,(H,22,25). The lowest BCUT2D eigenvalue weighted by atomic mass is 9.97. The topological polar surface area (TPSA) is 84.3 Å². The molecule has 3 rings (SSSR count). The average molecular weight is 416 g/mol. The minimum Gasteiger partial charge on any atom is -0.324 e. The van der Waals surface area contributed by atoms with Crippen molar-refractivity contribution >= 4 is 21.6 Å². The summed E-state index contributed by atoms with van der Waals surface area (Å²) in [5, 5.41) is 6.57. The summed E-state index contributed by atoms with van der Waals surface area (Å²) in [6.07, 6.45) is 0.187. The molecule has 1 fully saturated rings. The molecule has 0 unspecified atom stereocenters. The fraction of sp³-hybridized carbons (Fsp3) is 0.412. The van der Waals surface area contributed by atoms with E-state index in [9.17, 15) is 26.4 Å². The summed E-state index contributed by atoms with van der Waals surface area (Å²) < 4.78 is 65.1. The lowest BCUT2D eigenvalue weighted by molar-refractivity contribution is -0.137. The Bertz CT molecular complexity index is 951. The monoisotopic (exact) mass is 416 g/mol. The van der Waals surface area contributed by atoms with Crippen LogP contribution in [0.4, 0.5) is 18.9 Å². The van der Waals surface area contributed by atoms with Gasteiger partial charge in [0.25, 0.3) is 0 Å². The second kappa shape index (κ2) is 7.55. The van der Waals surface area contributed by atoms with E-state index >= 15 is 0 Å². The van der Waals surface area contributed by atoms with Gasteiger partial charge in [-0.05, 0) is 37.1 Å². The third-order valence-corrected chi connectivity index (χ3v) is 5.93. The van der Waals surface area contributed by atoms with E-state index in [1.807, 2.05) is 0 Å². The van der Waals surface area contributed by atoms with Crippen LogP contribution in [0.15, 0.2) is 36.7 Å². The number of rotatable bonds is 4.